The van der Waals surface area contributed by atoms with Crippen LogP contribution < -0.4 is 15.4 Å². The van der Waals surface area contributed by atoms with Crippen LogP contribution in [0.5, 0.6) is 5.75 Å². The average Bonchev–Trinajstić information content (AvgIpc) is 2.60. The van der Waals surface area contributed by atoms with Gasteiger partial charge in [0.25, 0.3) is 0 Å². The van der Waals surface area contributed by atoms with Gasteiger partial charge in [-0.2, -0.15) is 0 Å². The third kappa shape index (κ3) is 8.77. The van der Waals surface area contributed by atoms with Crippen LogP contribution in [0, 0.1) is 0 Å². The van der Waals surface area contributed by atoms with Gasteiger partial charge in [-0.15, -0.1) is 0 Å². The smallest absolute Gasteiger partial charge is 0.191 e. The second-order valence-corrected chi connectivity index (χ2v) is 6.44. The van der Waals surface area contributed by atoms with Gasteiger partial charge in [0.2, 0.25) is 0 Å². The van der Waals surface area contributed by atoms with Crippen LogP contribution in [0.1, 0.15) is 46.1 Å². The monoisotopic (exact) mass is 348 g/mol. The van der Waals surface area contributed by atoms with Crippen molar-refractivity contribution in [2.24, 2.45) is 4.99 Å². The molecule has 0 aliphatic carbocycles. The van der Waals surface area contributed by atoms with Crippen molar-refractivity contribution in [2.75, 3.05) is 33.3 Å². The van der Waals surface area contributed by atoms with Crippen molar-refractivity contribution in [1.82, 2.24) is 15.5 Å². The number of rotatable bonds is 11. The lowest BCUT2D eigenvalue weighted by atomic mass is 10.2. The lowest BCUT2D eigenvalue weighted by molar-refractivity contribution is 0.268. The van der Waals surface area contributed by atoms with E-state index in [4.69, 9.17) is 9.73 Å². The molecule has 0 atom stereocenters. The largest absolute Gasteiger partial charge is 0.494 e. The fourth-order valence-electron chi connectivity index (χ4n) is 2.39. The number of unbranched alkanes of at least 4 members (excludes halogenated alkanes) is 1. The zero-order valence-corrected chi connectivity index (χ0v) is 16.6. The van der Waals surface area contributed by atoms with Gasteiger partial charge in [0, 0.05) is 24.7 Å². The SMILES string of the molecule is CCNC(=NCc1ccccc1OCC)NCCCCN(C)C(C)C. The number of hydrogen-bond acceptors (Lipinski definition) is 3. The molecule has 0 unspecified atom stereocenters. The van der Waals surface area contributed by atoms with E-state index in [-0.39, 0.29) is 0 Å². The van der Waals surface area contributed by atoms with Gasteiger partial charge in [-0.25, -0.2) is 4.99 Å². The molecule has 142 valence electrons. The summed E-state index contributed by atoms with van der Waals surface area (Å²) in [5.74, 6) is 1.78. The molecule has 25 heavy (non-hydrogen) atoms. The summed E-state index contributed by atoms with van der Waals surface area (Å²) in [4.78, 5) is 7.07. The predicted molar refractivity (Wildman–Crippen MR) is 107 cm³/mol. The van der Waals surface area contributed by atoms with E-state index in [1.807, 2.05) is 25.1 Å². The molecule has 0 amide bonds. The standard InChI is InChI=1S/C20H36N4O/c1-6-21-20(22-14-10-11-15-24(5)17(3)4)23-16-18-12-8-9-13-19(18)25-7-2/h8-9,12-13,17H,6-7,10-11,14-16H2,1-5H3,(H2,21,22,23). The zero-order valence-electron chi connectivity index (χ0n) is 16.6. The first-order valence-corrected chi connectivity index (χ1v) is 9.51. The van der Waals surface area contributed by atoms with Crippen LogP contribution in [0.2, 0.25) is 0 Å². The molecule has 0 saturated heterocycles. The lowest BCUT2D eigenvalue weighted by Crippen LogP contribution is -2.38. The molecule has 0 aliphatic rings. The average molecular weight is 349 g/mol. The Labute approximate surface area is 153 Å². The predicted octanol–water partition coefficient (Wildman–Crippen LogP) is 3.26. The minimum Gasteiger partial charge on any atom is -0.494 e. The molecule has 0 heterocycles. The number of hydrogen-bond donors (Lipinski definition) is 2. The van der Waals surface area contributed by atoms with Crippen molar-refractivity contribution in [2.45, 2.75) is 53.1 Å². The molecule has 0 bridgehead atoms. The van der Waals surface area contributed by atoms with Crippen LogP contribution >= 0.6 is 0 Å². The van der Waals surface area contributed by atoms with Crippen LogP contribution in [0.25, 0.3) is 0 Å². The van der Waals surface area contributed by atoms with Crippen LogP contribution in [0.4, 0.5) is 0 Å². The van der Waals surface area contributed by atoms with Crippen LogP contribution in [-0.4, -0.2) is 50.2 Å². The Kier molecular flexibility index (Phi) is 10.7. The van der Waals surface area contributed by atoms with E-state index in [1.165, 1.54) is 6.42 Å². The molecule has 1 aromatic carbocycles. The fraction of sp³-hybridized carbons (Fsp3) is 0.650. The van der Waals surface area contributed by atoms with Crippen molar-refractivity contribution in [3.05, 3.63) is 29.8 Å². The topological polar surface area (TPSA) is 48.9 Å². The lowest BCUT2D eigenvalue weighted by Gasteiger charge is -2.20. The first-order valence-electron chi connectivity index (χ1n) is 9.51. The third-order valence-corrected chi connectivity index (χ3v) is 4.14. The van der Waals surface area contributed by atoms with E-state index < -0.39 is 0 Å². The quantitative estimate of drug-likeness (QED) is 0.366. The molecule has 0 aliphatic heterocycles. The molecule has 2 N–H and O–H groups in total. The normalized spacial score (nSPS) is 11.9. The van der Waals surface area contributed by atoms with E-state index in [1.54, 1.807) is 0 Å². The summed E-state index contributed by atoms with van der Waals surface area (Å²) in [6.07, 6.45) is 2.32. The second-order valence-electron chi connectivity index (χ2n) is 6.44. The molecule has 5 nitrogen and oxygen atoms in total. The van der Waals surface area contributed by atoms with E-state index >= 15 is 0 Å². The Hall–Kier alpha value is -1.75. The highest BCUT2D eigenvalue weighted by atomic mass is 16.5. The first-order chi connectivity index (χ1) is 12.1. The maximum Gasteiger partial charge on any atom is 0.191 e. The number of guanidine groups is 1. The molecular weight excluding hydrogens is 312 g/mol. The van der Waals surface area contributed by atoms with Gasteiger partial charge in [0.05, 0.1) is 13.2 Å². The van der Waals surface area contributed by atoms with Gasteiger partial charge in [-0.05, 0) is 60.2 Å². The van der Waals surface area contributed by atoms with Gasteiger partial charge in [-0.3, -0.25) is 0 Å². The molecule has 1 aromatic rings. The molecule has 0 spiro atoms. The van der Waals surface area contributed by atoms with Crippen molar-refractivity contribution < 1.29 is 4.74 Å². The van der Waals surface area contributed by atoms with E-state index in [2.05, 4.69) is 49.4 Å². The van der Waals surface area contributed by atoms with Crippen molar-refractivity contribution >= 4 is 5.96 Å². The molecule has 0 fully saturated rings. The van der Waals surface area contributed by atoms with Crippen LogP contribution in [0.15, 0.2) is 29.3 Å². The fourth-order valence-corrected chi connectivity index (χ4v) is 2.39. The Morgan fingerprint density at radius 3 is 2.60 bits per heavy atom. The number of ether oxygens (including phenoxy) is 1. The number of aliphatic imine (C=N–C) groups is 1. The van der Waals surface area contributed by atoms with Gasteiger partial charge in [0.15, 0.2) is 5.96 Å². The number of para-hydroxylation sites is 1. The second kappa shape index (κ2) is 12.6. The summed E-state index contributed by atoms with van der Waals surface area (Å²) < 4.78 is 5.67. The molecule has 1 rings (SSSR count). The number of nitrogens with one attached hydrogen (secondary N) is 2. The highest BCUT2D eigenvalue weighted by Gasteiger charge is 2.04. The van der Waals surface area contributed by atoms with Gasteiger partial charge in [-0.1, -0.05) is 18.2 Å². The van der Waals surface area contributed by atoms with Crippen LogP contribution in [-0.2, 0) is 6.54 Å². The molecule has 0 saturated carbocycles. The van der Waals surface area contributed by atoms with Crippen molar-refractivity contribution in [3.8, 4) is 5.75 Å². The van der Waals surface area contributed by atoms with E-state index in [9.17, 15) is 0 Å². The Morgan fingerprint density at radius 2 is 1.92 bits per heavy atom. The maximum absolute atomic E-state index is 5.67. The molecular formula is C20H36N4O. The van der Waals surface area contributed by atoms with Crippen LogP contribution in [0.3, 0.4) is 0 Å². The Morgan fingerprint density at radius 1 is 1.16 bits per heavy atom. The first kappa shape index (κ1) is 21.3. The third-order valence-electron chi connectivity index (χ3n) is 4.14. The minimum absolute atomic E-state index is 0.609. The summed E-state index contributed by atoms with van der Waals surface area (Å²) >= 11 is 0. The molecule has 0 aromatic heterocycles. The highest BCUT2D eigenvalue weighted by Crippen LogP contribution is 2.18. The van der Waals surface area contributed by atoms with Gasteiger partial charge < -0.3 is 20.3 Å². The van der Waals surface area contributed by atoms with Gasteiger partial charge >= 0.3 is 0 Å². The number of benzene rings is 1. The van der Waals surface area contributed by atoms with Crippen molar-refractivity contribution in [3.63, 3.8) is 0 Å². The van der Waals surface area contributed by atoms with E-state index in [0.717, 1.165) is 43.3 Å². The molecule has 5 heteroatoms. The van der Waals surface area contributed by atoms with E-state index in [0.29, 0.717) is 19.2 Å². The number of nitrogens with zero attached hydrogens (tertiary/aromatic N) is 2. The van der Waals surface area contributed by atoms with Crippen molar-refractivity contribution in [1.29, 1.82) is 0 Å². The minimum atomic E-state index is 0.609. The Balaban J connectivity index is 2.46. The summed E-state index contributed by atoms with van der Waals surface area (Å²) in [7, 11) is 2.18. The Bertz CT molecular complexity index is 502. The summed E-state index contributed by atoms with van der Waals surface area (Å²) in [6.45, 7) is 12.8. The van der Waals surface area contributed by atoms with Gasteiger partial charge in [0.1, 0.15) is 5.75 Å². The summed E-state index contributed by atoms with van der Waals surface area (Å²) in [6, 6.07) is 8.70. The summed E-state index contributed by atoms with van der Waals surface area (Å²) in [5.41, 5.74) is 1.11. The molecule has 0 radical (unpaired) electrons. The maximum atomic E-state index is 5.67. The highest BCUT2D eigenvalue weighted by molar-refractivity contribution is 5.79. The zero-order chi connectivity index (χ0) is 18.5. The summed E-state index contributed by atoms with van der Waals surface area (Å²) in [5, 5.41) is 6.73.